The topological polar surface area (TPSA) is 88.2 Å². The summed E-state index contributed by atoms with van der Waals surface area (Å²) in [5.41, 5.74) is 0.762. The summed E-state index contributed by atoms with van der Waals surface area (Å²) in [7, 11) is 0. The lowest BCUT2D eigenvalue weighted by atomic mass is 10.1. The summed E-state index contributed by atoms with van der Waals surface area (Å²) in [4.78, 5) is 10.1. The molecule has 0 bridgehead atoms. The third-order valence-corrected chi connectivity index (χ3v) is 2.35. The summed E-state index contributed by atoms with van der Waals surface area (Å²) in [6.07, 6.45) is 0. The molecule has 0 unspecified atom stereocenters. The Balaban J connectivity index is 2.54. The number of anilines is 1. The Morgan fingerprint density at radius 1 is 1.53 bits per heavy atom. The van der Waals surface area contributed by atoms with E-state index in [0.717, 1.165) is 0 Å². The van der Waals surface area contributed by atoms with Crippen LogP contribution in [-0.4, -0.2) is 24.7 Å². The van der Waals surface area contributed by atoms with E-state index in [0.29, 0.717) is 31.4 Å². The number of rotatable bonds is 7. The van der Waals surface area contributed by atoms with Gasteiger partial charge in [0.2, 0.25) is 0 Å². The maximum Gasteiger partial charge on any atom is 0.270 e. The number of nitrogens with one attached hydrogen (secondary N) is 1. The first-order valence-electron chi connectivity index (χ1n) is 6.04. The molecule has 0 spiro atoms. The average molecular weight is 263 g/mol. The second-order valence-electron chi connectivity index (χ2n) is 4.49. The molecule has 6 heteroatoms. The smallest absolute Gasteiger partial charge is 0.270 e. The third kappa shape index (κ3) is 4.94. The maximum atomic E-state index is 10.6. The van der Waals surface area contributed by atoms with E-state index < -0.39 is 4.92 Å². The number of benzene rings is 1. The second-order valence-corrected chi connectivity index (χ2v) is 4.49. The van der Waals surface area contributed by atoms with Gasteiger partial charge in [0.1, 0.15) is 6.07 Å². The molecule has 102 valence electrons. The van der Waals surface area contributed by atoms with Crippen LogP contribution in [0.5, 0.6) is 0 Å². The van der Waals surface area contributed by atoms with Crippen molar-refractivity contribution in [1.29, 1.82) is 5.26 Å². The summed E-state index contributed by atoms with van der Waals surface area (Å²) in [6, 6.07) is 6.12. The van der Waals surface area contributed by atoms with Crippen LogP contribution < -0.4 is 5.32 Å². The molecule has 0 aromatic heterocycles. The fraction of sp³-hybridized carbons (Fsp3) is 0.462. The lowest BCUT2D eigenvalue weighted by Crippen LogP contribution is -2.12. The molecule has 0 amide bonds. The molecule has 0 atom stereocenters. The SMILES string of the molecule is CC(C)COCCNc1ccc([N+](=O)[O-])cc1C#N. The Labute approximate surface area is 112 Å². The quantitative estimate of drug-likeness (QED) is 0.464. The second kappa shape index (κ2) is 7.34. The molecule has 1 N–H and O–H groups in total. The number of ether oxygens (including phenoxy) is 1. The molecule has 6 nitrogen and oxygen atoms in total. The summed E-state index contributed by atoms with van der Waals surface area (Å²) >= 11 is 0. The predicted octanol–water partition coefficient (Wildman–Crippen LogP) is 2.55. The molecular weight excluding hydrogens is 246 g/mol. The van der Waals surface area contributed by atoms with Crippen molar-refractivity contribution in [2.75, 3.05) is 25.1 Å². The van der Waals surface area contributed by atoms with Crippen molar-refractivity contribution in [2.45, 2.75) is 13.8 Å². The van der Waals surface area contributed by atoms with E-state index in [1.54, 1.807) is 6.07 Å². The number of nitro benzene ring substituents is 1. The highest BCUT2D eigenvalue weighted by Gasteiger charge is 2.10. The van der Waals surface area contributed by atoms with Gasteiger partial charge in [-0.1, -0.05) is 13.8 Å². The van der Waals surface area contributed by atoms with E-state index in [-0.39, 0.29) is 11.3 Å². The molecule has 0 saturated heterocycles. The van der Waals surface area contributed by atoms with Gasteiger partial charge in [-0.15, -0.1) is 0 Å². The number of hydrogen-bond acceptors (Lipinski definition) is 5. The lowest BCUT2D eigenvalue weighted by molar-refractivity contribution is -0.384. The first-order valence-corrected chi connectivity index (χ1v) is 6.04. The first-order chi connectivity index (χ1) is 9.04. The van der Waals surface area contributed by atoms with Gasteiger partial charge in [-0.3, -0.25) is 10.1 Å². The minimum atomic E-state index is -0.517. The zero-order chi connectivity index (χ0) is 14.3. The van der Waals surface area contributed by atoms with Crippen molar-refractivity contribution in [3.05, 3.63) is 33.9 Å². The van der Waals surface area contributed by atoms with Gasteiger partial charge in [-0.2, -0.15) is 5.26 Å². The van der Waals surface area contributed by atoms with E-state index in [4.69, 9.17) is 10.00 Å². The zero-order valence-electron chi connectivity index (χ0n) is 11.0. The van der Waals surface area contributed by atoms with Crippen LogP contribution in [-0.2, 0) is 4.74 Å². The van der Waals surface area contributed by atoms with Gasteiger partial charge >= 0.3 is 0 Å². The Bertz CT molecular complexity index is 481. The molecular formula is C13H17N3O3. The largest absolute Gasteiger partial charge is 0.382 e. The van der Waals surface area contributed by atoms with E-state index in [1.807, 2.05) is 6.07 Å². The molecule has 0 aliphatic carbocycles. The van der Waals surface area contributed by atoms with Crippen LogP contribution in [0, 0.1) is 27.4 Å². The average Bonchev–Trinajstić information content (AvgIpc) is 2.37. The summed E-state index contributed by atoms with van der Waals surface area (Å²) in [5.74, 6) is 0.481. The monoisotopic (exact) mass is 263 g/mol. The van der Waals surface area contributed by atoms with Crippen LogP contribution in [0.2, 0.25) is 0 Å². The standard InChI is InChI=1S/C13H17N3O3/c1-10(2)9-19-6-5-15-13-4-3-12(16(17)18)7-11(13)8-14/h3-4,7,10,15H,5-6,9H2,1-2H3. The van der Waals surface area contributed by atoms with Crippen LogP contribution in [0.3, 0.4) is 0 Å². The van der Waals surface area contributed by atoms with Crippen LogP contribution >= 0.6 is 0 Å². The molecule has 0 fully saturated rings. The maximum absolute atomic E-state index is 10.6. The van der Waals surface area contributed by atoms with Crippen molar-refractivity contribution in [1.82, 2.24) is 0 Å². The molecule has 0 radical (unpaired) electrons. The summed E-state index contributed by atoms with van der Waals surface area (Å²) in [5, 5.41) is 22.6. The first kappa shape index (κ1) is 14.9. The third-order valence-electron chi connectivity index (χ3n) is 2.35. The van der Waals surface area contributed by atoms with Gasteiger partial charge in [0.25, 0.3) is 5.69 Å². The van der Waals surface area contributed by atoms with Crippen molar-refractivity contribution in [3.8, 4) is 6.07 Å². The highest BCUT2D eigenvalue weighted by atomic mass is 16.6. The number of nitro groups is 1. The van der Waals surface area contributed by atoms with Gasteiger partial charge in [0, 0.05) is 25.3 Å². The van der Waals surface area contributed by atoms with E-state index in [9.17, 15) is 10.1 Å². The highest BCUT2D eigenvalue weighted by molar-refractivity contribution is 5.61. The Morgan fingerprint density at radius 3 is 2.84 bits per heavy atom. The minimum absolute atomic E-state index is 0.0850. The fourth-order valence-electron chi connectivity index (χ4n) is 1.47. The molecule has 0 saturated carbocycles. The summed E-state index contributed by atoms with van der Waals surface area (Å²) < 4.78 is 5.40. The molecule has 0 aliphatic rings. The van der Waals surface area contributed by atoms with Crippen molar-refractivity contribution >= 4 is 11.4 Å². The van der Waals surface area contributed by atoms with Gasteiger partial charge < -0.3 is 10.1 Å². The molecule has 19 heavy (non-hydrogen) atoms. The molecule has 0 heterocycles. The Kier molecular flexibility index (Phi) is 5.76. The predicted molar refractivity (Wildman–Crippen MR) is 72.0 cm³/mol. The molecule has 1 aromatic carbocycles. The van der Waals surface area contributed by atoms with Gasteiger partial charge in [-0.25, -0.2) is 0 Å². The summed E-state index contributed by atoms with van der Waals surface area (Å²) in [6.45, 7) is 5.90. The number of non-ortho nitro benzene ring substituents is 1. The van der Waals surface area contributed by atoms with E-state index in [2.05, 4.69) is 19.2 Å². The zero-order valence-corrected chi connectivity index (χ0v) is 11.0. The number of nitriles is 1. The number of hydrogen-bond donors (Lipinski definition) is 1. The Morgan fingerprint density at radius 2 is 2.26 bits per heavy atom. The van der Waals surface area contributed by atoms with Crippen LogP contribution in [0.25, 0.3) is 0 Å². The minimum Gasteiger partial charge on any atom is -0.382 e. The number of nitrogens with zero attached hydrogens (tertiary/aromatic N) is 2. The van der Waals surface area contributed by atoms with Gasteiger partial charge in [0.05, 0.1) is 22.8 Å². The van der Waals surface area contributed by atoms with Crippen LogP contribution in [0.4, 0.5) is 11.4 Å². The van der Waals surface area contributed by atoms with Crippen molar-refractivity contribution in [3.63, 3.8) is 0 Å². The lowest BCUT2D eigenvalue weighted by Gasteiger charge is -2.09. The Hall–Kier alpha value is -2.13. The van der Waals surface area contributed by atoms with Crippen molar-refractivity contribution < 1.29 is 9.66 Å². The molecule has 0 aliphatic heterocycles. The normalized spacial score (nSPS) is 10.2. The van der Waals surface area contributed by atoms with Gasteiger partial charge in [0.15, 0.2) is 0 Å². The van der Waals surface area contributed by atoms with Crippen molar-refractivity contribution in [2.24, 2.45) is 5.92 Å². The van der Waals surface area contributed by atoms with E-state index in [1.165, 1.54) is 12.1 Å². The van der Waals surface area contributed by atoms with Crippen LogP contribution in [0.15, 0.2) is 18.2 Å². The van der Waals surface area contributed by atoms with E-state index >= 15 is 0 Å². The fourth-order valence-corrected chi connectivity index (χ4v) is 1.47. The highest BCUT2D eigenvalue weighted by Crippen LogP contribution is 2.21. The molecule has 1 aromatic rings. The van der Waals surface area contributed by atoms with Gasteiger partial charge in [-0.05, 0) is 12.0 Å². The molecule has 1 rings (SSSR count). The van der Waals surface area contributed by atoms with Crippen LogP contribution in [0.1, 0.15) is 19.4 Å².